The maximum absolute atomic E-state index is 4.95. The van der Waals surface area contributed by atoms with Crippen LogP contribution in [0.1, 0.15) is 12.8 Å². The highest BCUT2D eigenvalue weighted by atomic mass is 15.2. The largest absolute Gasteiger partial charge is 0.369 e. The lowest BCUT2D eigenvalue weighted by molar-refractivity contribution is 0.313. The highest BCUT2D eigenvalue weighted by Gasteiger charge is 2.16. The lowest BCUT2D eigenvalue weighted by atomic mass is 10.00. The van der Waals surface area contributed by atoms with Gasteiger partial charge in [-0.15, -0.1) is 0 Å². The average Bonchev–Trinajstić information content (AvgIpc) is 2.83. The summed E-state index contributed by atoms with van der Waals surface area (Å²) in [5.41, 5.74) is 5.03. The van der Waals surface area contributed by atoms with Crippen molar-refractivity contribution < 1.29 is 0 Å². The minimum Gasteiger partial charge on any atom is -0.369 e. The number of piperazine rings is 1. The molecule has 2 aliphatic rings. The fourth-order valence-corrected chi connectivity index (χ4v) is 4.49. The number of pyridine rings is 1. The monoisotopic (exact) mass is 417 g/mol. The topological polar surface area (TPSA) is 69.2 Å². The second-order valence-electron chi connectivity index (χ2n) is 8.71. The first-order chi connectivity index (χ1) is 15.3. The van der Waals surface area contributed by atoms with E-state index < -0.39 is 0 Å². The molecule has 5 rings (SSSR count). The van der Waals surface area contributed by atoms with Crippen LogP contribution in [0.2, 0.25) is 0 Å². The summed E-state index contributed by atoms with van der Waals surface area (Å²) in [6.07, 6.45) is 5.97. The molecule has 31 heavy (non-hydrogen) atoms. The summed E-state index contributed by atoms with van der Waals surface area (Å²) in [6.45, 7) is 7.45. The molecule has 7 nitrogen and oxygen atoms in total. The van der Waals surface area contributed by atoms with Crippen LogP contribution in [0.5, 0.6) is 0 Å². The number of anilines is 2. The highest BCUT2D eigenvalue weighted by Crippen LogP contribution is 2.28. The SMILES string of the molecule is CN1CCN(c2ccc(-c3cc4nccnc4c(NC[C@@H]4CCCNC4)n3)cc2)CC1. The van der Waals surface area contributed by atoms with Gasteiger partial charge in [0.2, 0.25) is 0 Å². The molecule has 2 fully saturated rings. The van der Waals surface area contributed by atoms with E-state index in [0.717, 1.165) is 73.9 Å². The molecule has 4 heterocycles. The zero-order chi connectivity index (χ0) is 21.0. The van der Waals surface area contributed by atoms with Gasteiger partial charge in [-0.3, -0.25) is 4.98 Å². The van der Waals surface area contributed by atoms with Gasteiger partial charge in [0.15, 0.2) is 5.82 Å². The van der Waals surface area contributed by atoms with E-state index in [-0.39, 0.29) is 0 Å². The first-order valence-electron chi connectivity index (χ1n) is 11.4. The van der Waals surface area contributed by atoms with Crippen LogP contribution in [-0.2, 0) is 0 Å². The summed E-state index contributed by atoms with van der Waals surface area (Å²) in [7, 11) is 2.19. The van der Waals surface area contributed by atoms with Gasteiger partial charge in [0.1, 0.15) is 5.52 Å². The minimum atomic E-state index is 0.619. The summed E-state index contributed by atoms with van der Waals surface area (Å²) in [6, 6.07) is 10.8. The van der Waals surface area contributed by atoms with E-state index in [1.165, 1.54) is 18.5 Å². The number of nitrogens with one attached hydrogen (secondary N) is 2. The molecule has 162 valence electrons. The summed E-state index contributed by atoms with van der Waals surface area (Å²) in [5, 5.41) is 7.05. The first kappa shape index (κ1) is 20.2. The molecule has 2 saturated heterocycles. The number of piperidine rings is 1. The molecule has 0 spiro atoms. The summed E-state index contributed by atoms with van der Waals surface area (Å²) >= 11 is 0. The number of nitrogens with zero attached hydrogens (tertiary/aromatic N) is 5. The van der Waals surface area contributed by atoms with Gasteiger partial charge in [-0.2, -0.15) is 0 Å². The Morgan fingerprint density at radius 1 is 1.06 bits per heavy atom. The molecule has 0 saturated carbocycles. The predicted molar refractivity (Wildman–Crippen MR) is 127 cm³/mol. The summed E-state index contributed by atoms with van der Waals surface area (Å²) in [5.74, 6) is 1.45. The molecule has 2 N–H and O–H groups in total. The van der Waals surface area contributed by atoms with Crippen LogP contribution in [0.3, 0.4) is 0 Å². The van der Waals surface area contributed by atoms with Gasteiger partial charge in [0.05, 0.1) is 11.2 Å². The molecule has 7 heteroatoms. The van der Waals surface area contributed by atoms with Gasteiger partial charge in [-0.25, -0.2) is 9.97 Å². The van der Waals surface area contributed by atoms with Crippen LogP contribution >= 0.6 is 0 Å². The maximum Gasteiger partial charge on any atom is 0.154 e. The highest BCUT2D eigenvalue weighted by molar-refractivity contribution is 5.88. The van der Waals surface area contributed by atoms with E-state index in [2.05, 4.69) is 61.7 Å². The van der Waals surface area contributed by atoms with E-state index in [9.17, 15) is 0 Å². The van der Waals surface area contributed by atoms with Crippen LogP contribution in [0.15, 0.2) is 42.7 Å². The van der Waals surface area contributed by atoms with Gasteiger partial charge in [-0.1, -0.05) is 12.1 Å². The van der Waals surface area contributed by atoms with Crippen molar-refractivity contribution >= 4 is 22.5 Å². The van der Waals surface area contributed by atoms with Crippen LogP contribution < -0.4 is 15.5 Å². The Morgan fingerprint density at radius 3 is 2.65 bits per heavy atom. The van der Waals surface area contributed by atoms with E-state index in [0.29, 0.717) is 5.92 Å². The number of benzene rings is 1. The first-order valence-corrected chi connectivity index (χ1v) is 11.4. The Hall–Kier alpha value is -2.77. The summed E-state index contributed by atoms with van der Waals surface area (Å²) < 4.78 is 0. The Labute approximate surface area is 183 Å². The second kappa shape index (κ2) is 9.16. The van der Waals surface area contributed by atoms with Crippen molar-refractivity contribution in [2.24, 2.45) is 5.92 Å². The number of likely N-dealkylation sites (N-methyl/N-ethyl adjacent to an activating group) is 1. The van der Waals surface area contributed by atoms with E-state index in [1.54, 1.807) is 12.4 Å². The molecule has 0 unspecified atom stereocenters. The number of aromatic nitrogens is 3. The van der Waals surface area contributed by atoms with Gasteiger partial charge in [0, 0.05) is 56.4 Å². The maximum atomic E-state index is 4.95. The molecule has 0 radical (unpaired) electrons. The van der Waals surface area contributed by atoms with Crippen molar-refractivity contribution in [2.75, 3.05) is 63.1 Å². The molecule has 1 atom stereocenters. The third kappa shape index (κ3) is 4.62. The van der Waals surface area contributed by atoms with Crippen molar-refractivity contribution in [3.8, 4) is 11.3 Å². The second-order valence-corrected chi connectivity index (χ2v) is 8.71. The quantitative estimate of drug-likeness (QED) is 0.662. The normalized spacial score (nSPS) is 20.2. The molecule has 2 aliphatic heterocycles. The zero-order valence-corrected chi connectivity index (χ0v) is 18.2. The Kier molecular flexibility index (Phi) is 5.95. The van der Waals surface area contributed by atoms with E-state index in [1.807, 2.05) is 6.07 Å². The van der Waals surface area contributed by atoms with Gasteiger partial charge >= 0.3 is 0 Å². The molecule has 1 aromatic carbocycles. The molecule has 2 aromatic heterocycles. The van der Waals surface area contributed by atoms with Crippen molar-refractivity contribution in [1.29, 1.82) is 0 Å². The fraction of sp³-hybridized carbons (Fsp3) is 0.458. The van der Waals surface area contributed by atoms with Crippen molar-refractivity contribution in [1.82, 2.24) is 25.2 Å². The molecular weight excluding hydrogens is 386 g/mol. The van der Waals surface area contributed by atoms with E-state index in [4.69, 9.17) is 4.98 Å². The van der Waals surface area contributed by atoms with Crippen LogP contribution in [0.25, 0.3) is 22.3 Å². The van der Waals surface area contributed by atoms with Crippen molar-refractivity contribution in [3.63, 3.8) is 0 Å². The third-order valence-electron chi connectivity index (χ3n) is 6.45. The zero-order valence-electron chi connectivity index (χ0n) is 18.2. The molecule has 0 bridgehead atoms. The molecule has 3 aromatic rings. The summed E-state index contributed by atoms with van der Waals surface area (Å²) in [4.78, 5) is 18.9. The van der Waals surface area contributed by atoms with Gasteiger partial charge in [-0.05, 0) is 57.1 Å². The lowest BCUT2D eigenvalue weighted by Gasteiger charge is -2.34. The Balaban J connectivity index is 1.39. The van der Waals surface area contributed by atoms with E-state index >= 15 is 0 Å². The molecule has 0 aliphatic carbocycles. The van der Waals surface area contributed by atoms with Crippen LogP contribution in [0, 0.1) is 5.92 Å². The minimum absolute atomic E-state index is 0.619. The van der Waals surface area contributed by atoms with Crippen molar-refractivity contribution in [2.45, 2.75) is 12.8 Å². The Morgan fingerprint density at radius 2 is 1.87 bits per heavy atom. The number of rotatable bonds is 5. The van der Waals surface area contributed by atoms with Gasteiger partial charge in [0.25, 0.3) is 0 Å². The van der Waals surface area contributed by atoms with Crippen molar-refractivity contribution in [3.05, 3.63) is 42.7 Å². The number of fused-ring (bicyclic) bond motifs is 1. The number of hydrogen-bond acceptors (Lipinski definition) is 7. The number of hydrogen-bond donors (Lipinski definition) is 2. The van der Waals surface area contributed by atoms with Crippen LogP contribution in [0.4, 0.5) is 11.5 Å². The Bertz CT molecular complexity index is 1010. The third-order valence-corrected chi connectivity index (χ3v) is 6.45. The van der Waals surface area contributed by atoms with Gasteiger partial charge < -0.3 is 20.4 Å². The average molecular weight is 418 g/mol. The predicted octanol–water partition coefficient (Wildman–Crippen LogP) is 2.86. The lowest BCUT2D eigenvalue weighted by Crippen LogP contribution is -2.44. The molecule has 0 amide bonds. The molecular formula is C24H31N7. The fourth-order valence-electron chi connectivity index (χ4n) is 4.49. The van der Waals surface area contributed by atoms with Crippen LogP contribution in [-0.4, -0.2) is 72.7 Å². The smallest absolute Gasteiger partial charge is 0.154 e. The standard InChI is InChI=1S/C24H31N7/c1-30-11-13-31(14-12-30)20-6-4-19(5-7-20)21-15-22-23(27-10-9-26-22)24(29-21)28-17-18-3-2-8-25-16-18/h4-7,9-10,15,18,25H,2-3,8,11-14,16-17H2,1H3,(H,28,29)/t18-/m1/s1.